The third kappa shape index (κ3) is 3.40. The second-order valence-corrected chi connectivity index (χ2v) is 5.35. The molecule has 0 spiro atoms. The van der Waals surface area contributed by atoms with Gasteiger partial charge in [0, 0.05) is 11.6 Å². The monoisotopic (exact) mass is 260 g/mol. The van der Waals surface area contributed by atoms with Crippen molar-refractivity contribution >= 4 is 22.4 Å². The number of nitrogens with zero attached hydrogens (tertiary/aromatic N) is 1. The standard InChI is InChI=1S/C14H16N2OS/c1-10(2)12-5-3-11(4-6-12)9-13(17)16-14-15-7-8-18-14/h3-8,10H,9H2,1-2H3,(H,15,16,17). The van der Waals surface area contributed by atoms with Crippen LogP contribution in [0.5, 0.6) is 0 Å². The molecule has 1 aromatic heterocycles. The van der Waals surface area contributed by atoms with Crippen molar-refractivity contribution in [1.29, 1.82) is 0 Å². The molecular formula is C14H16N2OS. The molecule has 2 aromatic rings. The third-order valence-electron chi connectivity index (χ3n) is 2.69. The van der Waals surface area contributed by atoms with Crippen molar-refractivity contribution in [3.8, 4) is 0 Å². The van der Waals surface area contributed by atoms with Crippen molar-refractivity contribution in [2.24, 2.45) is 0 Å². The number of thiazole rings is 1. The molecule has 0 radical (unpaired) electrons. The molecule has 0 aliphatic carbocycles. The molecule has 0 fully saturated rings. The Labute approximate surface area is 111 Å². The smallest absolute Gasteiger partial charge is 0.230 e. The molecule has 0 aliphatic rings. The van der Waals surface area contributed by atoms with E-state index in [-0.39, 0.29) is 5.91 Å². The first-order valence-electron chi connectivity index (χ1n) is 5.93. The summed E-state index contributed by atoms with van der Waals surface area (Å²) in [6, 6.07) is 8.18. The van der Waals surface area contributed by atoms with Crippen LogP contribution in [0.3, 0.4) is 0 Å². The average molecular weight is 260 g/mol. The molecule has 0 saturated heterocycles. The molecule has 0 saturated carbocycles. The van der Waals surface area contributed by atoms with Crippen LogP contribution in [0, 0.1) is 0 Å². The average Bonchev–Trinajstić information content (AvgIpc) is 2.82. The van der Waals surface area contributed by atoms with E-state index < -0.39 is 0 Å². The van der Waals surface area contributed by atoms with E-state index in [2.05, 4.69) is 36.3 Å². The van der Waals surface area contributed by atoms with Crippen LogP contribution in [0.1, 0.15) is 30.9 Å². The normalized spacial score (nSPS) is 10.6. The van der Waals surface area contributed by atoms with Crippen LogP contribution < -0.4 is 5.32 Å². The Bertz CT molecular complexity index is 503. The molecule has 1 N–H and O–H groups in total. The SMILES string of the molecule is CC(C)c1ccc(CC(=O)Nc2nccs2)cc1. The van der Waals surface area contributed by atoms with Crippen LogP contribution in [0.2, 0.25) is 0 Å². The maximum atomic E-state index is 11.8. The van der Waals surface area contributed by atoms with Gasteiger partial charge in [0.05, 0.1) is 6.42 Å². The highest BCUT2D eigenvalue weighted by Crippen LogP contribution is 2.15. The van der Waals surface area contributed by atoms with E-state index >= 15 is 0 Å². The summed E-state index contributed by atoms with van der Waals surface area (Å²) in [6.45, 7) is 4.31. The highest BCUT2D eigenvalue weighted by molar-refractivity contribution is 7.13. The highest BCUT2D eigenvalue weighted by Gasteiger charge is 2.06. The number of hydrogen-bond acceptors (Lipinski definition) is 3. The molecule has 1 heterocycles. The fraction of sp³-hybridized carbons (Fsp3) is 0.286. The molecule has 0 bridgehead atoms. The number of carbonyl (C=O) groups is 1. The molecule has 18 heavy (non-hydrogen) atoms. The minimum absolute atomic E-state index is 0.0257. The molecular weight excluding hydrogens is 244 g/mol. The van der Waals surface area contributed by atoms with Crippen LogP contribution >= 0.6 is 11.3 Å². The molecule has 1 aromatic carbocycles. The lowest BCUT2D eigenvalue weighted by Crippen LogP contribution is -2.14. The van der Waals surface area contributed by atoms with Gasteiger partial charge in [0.15, 0.2) is 5.13 Å². The van der Waals surface area contributed by atoms with Gasteiger partial charge in [0.2, 0.25) is 5.91 Å². The first-order chi connectivity index (χ1) is 8.65. The Hall–Kier alpha value is -1.68. The van der Waals surface area contributed by atoms with Crippen LogP contribution in [-0.4, -0.2) is 10.9 Å². The summed E-state index contributed by atoms with van der Waals surface area (Å²) in [4.78, 5) is 15.8. The number of nitrogens with one attached hydrogen (secondary N) is 1. The minimum Gasteiger partial charge on any atom is -0.302 e. The molecule has 94 valence electrons. The molecule has 3 nitrogen and oxygen atoms in total. The van der Waals surface area contributed by atoms with Crippen molar-refractivity contribution < 1.29 is 4.79 Å². The maximum absolute atomic E-state index is 11.8. The lowest BCUT2D eigenvalue weighted by molar-refractivity contribution is -0.115. The summed E-state index contributed by atoms with van der Waals surface area (Å²) >= 11 is 1.43. The van der Waals surface area contributed by atoms with Gasteiger partial charge in [-0.05, 0) is 17.0 Å². The largest absolute Gasteiger partial charge is 0.302 e. The Balaban J connectivity index is 1.95. The number of benzene rings is 1. The number of rotatable bonds is 4. The Morgan fingerprint density at radius 3 is 2.61 bits per heavy atom. The molecule has 1 amide bonds. The molecule has 0 atom stereocenters. The molecule has 0 unspecified atom stereocenters. The quantitative estimate of drug-likeness (QED) is 0.915. The zero-order valence-electron chi connectivity index (χ0n) is 10.5. The number of amides is 1. The van der Waals surface area contributed by atoms with E-state index in [4.69, 9.17) is 0 Å². The topological polar surface area (TPSA) is 42.0 Å². The zero-order chi connectivity index (χ0) is 13.0. The Morgan fingerprint density at radius 2 is 2.06 bits per heavy atom. The van der Waals surface area contributed by atoms with Crippen LogP contribution in [0.15, 0.2) is 35.8 Å². The van der Waals surface area contributed by atoms with Crippen LogP contribution in [0.25, 0.3) is 0 Å². The summed E-state index contributed by atoms with van der Waals surface area (Å²) in [5.41, 5.74) is 2.31. The predicted octanol–water partition coefficient (Wildman–Crippen LogP) is 3.45. The van der Waals surface area contributed by atoms with Crippen molar-refractivity contribution in [2.75, 3.05) is 5.32 Å². The maximum Gasteiger partial charge on any atom is 0.230 e. The number of aromatic nitrogens is 1. The summed E-state index contributed by atoms with van der Waals surface area (Å²) < 4.78 is 0. The van der Waals surface area contributed by atoms with Gasteiger partial charge in [0.25, 0.3) is 0 Å². The zero-order valence-corrected chi connectivity index (χ0v) is 11.3. The van der Waals surface area contributed by atoms with Crippen molar-refractivity contribution in [3.05, 3.63) is 47.0 Å². The molecule has 2 rings (SSSR count). The van der Waals surface area contributed by atoms with Gasteiger partial charge in [-0.1, -0.05) is 38.1 Å². The number of hydrogen-bond donors (Lipinski definition) is 1. The van der Waals surface area contributed by atoms with Crippen LogP contribution in [-0.2, 0) is 11.2 Å². The predicted molar refractivity (Wildman–Crippen MR) is 75.0 cm³/mol. The van der Waals surface area contributed by atoms with E-state index in [1.54, 1.807) is 6.20 Å². The highest BCUT2D eigenvalue weighted by atomic mass is 32.1. The van der Waals surface area contributed by atoms with E-state index in [1.165, 1.54) is 16.9 Å². The van der Waals surface area contributed by atoms with Crippen molar-refractivity contribution in [1.82, 2.24) is 4.98 Å². The summed E-state index contributed by atoms with van der Waals surface area (Å²) in [5.74, 6) is 0.491. The minimum atomic E-state index is -0.0257. The van der Waals surface area contributed by atoms with Gasteiger partial charge in [-0.25, -0.2) is 4.98 Å². The van der Waals surface area contributed by atoms with Crippen molar-refractivity contribution in [2.45, 2.75) is 26.2 Å². The summed E-state index contributed by atoms with van der Waals surface area (Å²) in [6.07, 6.45) is 2.07. The molecule has 4 heteroatoms. The van der Waals surface area contributed by atoms with Crippen molar-refractivity contribution in [3.63, 3.8) is 0 Å². The van der Waals surface area contributed by atoms with E-state index in [1.807, 2.05) is 17.5 Å². The Morgan fingerprint density at radius 1 is 1.33 bits per heavy atom. The van der Waals surface area contributed by atoms with Gasteiger partial charge in [-0.3, -0.25) is 4.79 Å². The third-order valence-corrected chi connectivity index (χ3v) is 3.38. The van der Waals surface area contributed by atoms with Gasteiger partial charge in [0.1, 0.15) is 0 Å². The van der Waals surface area contributed by atoms with Gasteiger partial charge in [-0.2, -0.15) is 0 Å². The summed E-state index contributed by atoms with van der Waals surface area (Å²) in [7, 11) is 0. The lowest BCUT2D eigenvalue weighted by atomic mass is 10.0. The van der Waals surface area contributed by atoms with Gasteiger partial charge >= 0.3 is 0 Å². The van der Waals surface area contributed by atoms with Gasteiger partial charge in [-0.15, -0.1) is 11.3 Å². The van der Waals surface area contributed by atoms with Gasteiger partial charge < -0.3 is 5.32 Å². The fourth-order valence-corrected chi connectivity index (χ4v) is 2.20. The van der Waals surface area contributed by atoms with E-state index in [0.717, 1.165) is 5.56 Å². The van der Waals surface area contributed by atoms with E-state index in [9.17, 15) is 4.79 Å². The first-order valence-corrected chi connectivity index (χ1v) is 6.81. The number of carbonyl (C=O) groups excluding carboxylic acids is 1. The first kappa shape index (κ1) is 12.8. The summed E-state index contributed by atoms with van der Waals surface area (Å²) in [5, 5.41) is 5.27. The van der Waals surface area contributed by atoms with Crippen LogP contribution in [0.4, 0.5) is 5.13 Å². The Kier molecular flexibility index (Phi) is 4.10. The van der Waals surface area contributed by atoms with E-state index in [0.29, 0.717) is 17.5 Å². The fourth-order valence-electron chi connectivity index (χ4n) is 1.65. The number of anilines is 1. The second-order valence-electron chi connectivity index (χ2n) is 4.46. The lowest BCUT2D eigenvalue weighted by Gasteiger charge is -2.06. The second kappa shape index (κ2) is 5.78. The molecule has 0 aliphatic heterocycles.